The Kier molecular flexibility index (Phi) is 4.91. The second-order valence-electron chi connectivity index (χ2n) is 3.29. The minimum absolute atomic E-state index is 0.0983. The lowest BCUT2D eigenvalue weighted by molar-refractivity contribution is 0.0950. The standard InChI is InChI=1S/C10H14ClNO2S/c1-7(5-11)6-12-10(13)9-8(14-2)3-4-15-9/h3-4,7H,5-6H2,1-2H3,(H,12,13). The summed E-state index contributed by atoms with van der Waals surface area (Å²) in [6.45, 7) is 2.57. The lowest BCUT2D eigenvalue weighted by Gasteiger charge is -2.09. The predicted octanol–water partition coefficient (Wildman–Crippen LogP) is 2.36. The molecule has 1 atom stereocenters. The van der Waals surface area contributed by atoms with E-state index in [9.17, 15) is 4.79 Å². The normalized spacial score (nSPS) is 12.2. The van der Waals surface area contributed by atoms with Crippen LogP contribution in [0.1, 0.15) is 16.6 Å². The minimum Gasteiger partial charge on any atom is -0.495 e. The van der Waals surface area contributed by atoms with Gasteiger partial charge in [0.05, 0.1) is 7.11 Å². The molecule has 0 saturated heterocycles. The number of hydrogen-bond acceptors (Lipinski definition) is 3. The number of carbonyl (C=O) groups is 1. The number of nitrogens with one attached hydrogen (secondary N) is 1. The number of halogens is 1. The second-order valence-corrected chi connectivity index (χ2v) is 4.51. The van der Waals surface area contributed by atoms with Crippen molar-refractivity contribution in [3.8, 4) is 5.75 Å². The summed E-state index contributed by atoms with van der Waals surface area (Å²) in [5, 5.41) is 4.65. The van der Waals surface area contributed by atoms with Gasteiger partial charge in [-0.25, -0.2) is 0 Å². The molecule has 1 aromatic rings. The summed E-state index contributed by atoms with van der Waals surface area (Å²) in [5.74, 6) is 1.35. The van der Waals surface area contributed by atoms with E-state index in [0.717, 1.165) is 0 Å². The molecular weight excluding hydrogens is 234 g/mol. The molecule has 0 aliphatic heterocycles. The van der Waals surface area contributed by atoms with Crippen molar-refractivity contribution in [2.24, 2.45) is 5.92 Å². The SMILES string of the molecule is COc1ccsc1C(=O)NCC(C)CCl. The van der Waals surface area contributed by atoms with Crippen molar-refractivity contribution in [2.45, 2.75) is 6.92 Å². The second kappa shape index (κ2) is 5.98. The monoisotopic (exact) mass is 247 g/mol. The lowest BCUT2D eigenvalue weighted by atomic mass is 10.2. The topological polar surface area (TPSA) is 38.3 Å². The zero-order valence-corrected chi connectivity index (χ0v) is 10.3. The Labute approximate surface area is 98.4 Å². The highest BCUT2D eigenvalue weighted by Gasteiger charge is 2.13. The fourth-order valence-corrected chi connectivity index (χ4v) is 1.91. The van der Waals surface area contributed by atoms with Gasteiger partial charge in [-0.3, -0.25) is 4.79 Å². The third-order valence-corrected chi connectivity index (χ3v) is 3.35. The van der Waals surface area contributed by atoms with E-state index in [0.29, 0.717) is 23.1 Å². The Morgan fingerprint density at radius 3 is 3.07 bits per heavy atom. The van der Waals surface area contributed by atoms with E-state index in [2.05, 4.69) is 5.32 Å². The molecule has 15 heavy (non-hydrogen) atoms. The van der Waals surface area contributed by atoms with Crippen LogP contribution in [-0.4, -0.2) is 25.4 Å². The maximum atomic E-state index is 11.7. The Balaban J connectivity index is 2.54. The zero-order chi connectivity index (χ0) is 11.3. The van der Waals surface area contributed by atoms with Gasteiger partial charge in [0.2, 0.25) is 0 Å². The van der Waals surface area contributed by atoms with Gasteiger partial charge >= 0.3 is 0 Å². The van der Waals surface area contributed by atoms with Crippen LogP contribution in [0.15, 0.2) is 11.4 Å². The van der Waals surface area contributed by atoms with Crippen LogP contribution in [-0.2, 0) is 0 Å². The fourth-order valence-electron chi connectivity index (χ4n) is 1.03. The number of rotatable bonds is 5. The van der Waals surface area contributed by atoms with E-state index in [1.807, 2.05) is 12.3 Å². The van der Waals surface area contributed by atoms with Crippen molar-refractivity contribution in [1.82, 2.24) is 5.32 Å². The summed E-state index contributed by atoms with van der Waals surface area (Å²) in [4.78, 5) is 12.3. The van der Waals surface area contributed by atoms with E-state index >= 15 is 0 Å². The van der Waals surface area contributed by atoms with Crippen LogP contribution < -0.4 is 10.1 Å². The van der Waals surface area contributed by atoms with Gasteiger partial charge in [0.15, 0.2) is 0 Å². The van der Waals surface area contributed by atoms with Gasteiger partial charge < -0.3 is 10.1 Å². The van der Waals surface area contributed by atoms with Crippen molar-refractivity contribution in [3.63, 3.8) is 0 Å². The summed E-state index contributed by atoms with van der Waals surface area (Å²) in [5.41, 5.74) is 0. The van der Waals surface area contributed by atoms with E-state index in [1.165, 1.54) is 11.3 Å². The van der Waals surface area contributed by atoms with Crippen molar-refractivity contribution in [1.29, 1.82) is 0 Å². The summed E-state index contributed by atoms with van der Waals surface area (Å²) in [6, 6.07) is 1.78. The van der Waals surface area contributed by atoms with Crippen molar-refractivity contribution < 1.29 is 9.53 Å². The molecule has 1 N–H and O–H groups in total. The van der Waals surface area contributed by atoms with Crippen LogP contribution in [0.25, 0.3) is 0 Å². The average molecular weight is 248 g/mol. The van der Waals surface area contributed by atoms with Crippen molar-refractivity contribution in [2.75, 3.05) is 19.5 Å². The highest BCUT2D eigenvalue weighted by molar-refractivity contribution is 7.12. The van der Waals surface area contributed by atoms with Crippen LogP contribution in [0.5, 0.6) is 5.75 Å². The van der Waals surface area contributed by atoms with Gasteiger partial charge in [0, 0.05) is 12.4 Å². The third kappa shape index (κ3) is 3.39. The van der Waals surface area contributed by atoms with Gasteiger partial charge in [-0.15, -0.1) is 22.9 Å². The molecular formula is C10H14ClNO2S. The number of methoxy groups -OCH3 is 1. The molecule has 0 aliphatic rings. The van der Waals surface area contributed by atoms with Gasteiger partial charge in [-0.1, -0.05) is 6.92 Å². The molecule has 1 heterocycles. The molecule has 0 fully saturated rings. The molecule has 5 heteroatoms. The summed E-state index contributed by atoms with van der Waals surface area (Å²) >= 11 is 7.02. The largest absolute Gasteiger partial charge is 0.495 e. The van der Waals surface area contributed by atoms with E-state index in [1.54, 1.807) is 13.2 Å². The van der Waals surface area contributed by atoms with Crippen LogP contribution in [0.3, 0.4) is 0 Å². The Morgan fingerprint density at radius 1 is 1.73 bits per heavy atom. The number of amides is 1. The molecule has 0 spiro atoms. The molecule has 0 bridgehead atoms. The Morgan fingerprint density at radius 2 is 2.47 bits per heavy atom. The first kappa shape index (κ1) is 12.3. The maximum absolute atomic E-state index is 11.7. The molecule has 84 valence electrons. The molecule has 0 aromatic carbocycles. The summed E-state index contributed by atoms with van der Waals surface area (Å²) in [7, 11) is 1.56. The smallest absolute Gasteiger partial charge is 0.265 e. The molecule has 1 rings (SSSR count). The maximum Gasteiger partial charge on any atom is 0.265 e. The quantitative estimate of drug-likeness (QED) is 0.812. The van der Waals surface area contributed by atoms with Crippen LogP contribution in [0.2, 0.25) is 0 Å². The number of ether oxygens (including phenoxy) is 1. The van der Waals surface area contributed by atoms with Gasteiger partial charge in [0.1, 0.15) is 10.6 Å². The van der Waals surface area contributed by atoms with Gasteiger partial charge in [-0.2, -0.15) is 0 Å². The number of carbonyl (C=O) groups excluding carboxylic acids is 1. The van der Waals surface area contributed by atoms with Gasteiger partial charge in [-0.05, 0) is 17.4 Å². The molecule has 1 unspecified atom stereocenters. The Bertz CT molecular complexity index is 327. The van der Waals surface area contributed by atoms with Crippen LogP contribution in [0, 0.1) is 5.92 Å². The van der Waals surface area contributed by atoms with Crippen molar-refractivity contribution >= 4 is 28.8 Å². The number of alkyl halides is 1. The van der Waals surface area contributed by atoms with Crippen molar-refractivity contribution in [3.05, 3.63) is 16.3 Å². The first-order chi connectivity index (χ1) is 7.19. The molecule has 0 aliphatic carbocycles. The van der Waals surface area contributed by atoms with E-state index < -0.39 is 0 Å². The molecule has 3 nitrogen and oxygen atoms in total. The van der Waals surface area contributed by atoms with E-state index in [4.69, 9.17) is 16.3 Å². The fraction of sp³-hybridized carbons (Fsp3) is 0.500. The first-order valence-corrected chi connectivity index (χ1v) is 6.06. The van der Waals surface area contributed by atoms with E-state index in [-0.39, 0.29) is 11.8 Å². The minimum atomic E-state index is -0.0983. The molecule has 1 aromatic heterocycles. The Hall–Kier alpha value is -0.740. The predicted molar refractivity (Wildman–Crippen MR) is 63.1 cm³/mol. The van der Waals surface area contributed by atoms with Crippen LogP contribution in [0.4, 0.5) is 0 Å². The molecule has 1 amide bonds. The highest BCUT2D eigenvalue weighted by Crippen LogP contribution is 2.23. The first-order valence-electron chi connectivity index (χ1n) is 4.64. The molecule has 0 saturated carbocycles. The number of thiophene rings is 1. The average Bonchev–Trinajstić information content (AvgIpc) is 2.73. The lowest BCUT2D eigenvalue weighted by Crippen LogP contribution is -2.28. The third-order valence-electron chi connectivity index (χ3n) is 1.93. The number of hydrogen-bond donors (Lipinski definition) is 1. The highest BCUT2D eigenvalue weighted by atomic mass is 35.5. The molecule has 0 radical (unpaired) electrons. The van der Waals surface area contributed by atoms with Gasteiger partial charge in [0.25, 0.3) is 5.91 Å². The summed E-state index contributed by atoms with van der Waals surface area (Å²) in [6.07, 6.45) is 0. The zero-order valence-electron chi connectivity index (χ0n) is 8.75. The van der Waals surface area contributed by atoms with Crippen LogP contribution >= 0.6 is 22.9 Å². The summed E-state index contributed by atoms with van der Waals surface area (Å²) < 4.78 is 5.06.